The smallest absolute Gasteiger partial charge is 0.0693 e. The number of ether oxygens (including phenoxy) is 1. The average Bonchev–Trinajstić information content (AvgIpc) is 2.35. The zero-order chi connectivity index (χ0) is 12.7. The van der Waals surface area contributed by atoms with Crippen LogP contribution in [0.2, 0.25) is 0 Å². The van der Waals surface area contributed by atoms with Gasteiger partial charge in [-0.05, 0) is 24.1 Å². The van der Waals surface area contributed by atoms with Crippen LogP contribution in [0.25, 0.3) is 0 Å². The van der Waals surface area contributed by atoms with Gasteiger partial charge in [-0.25, -0.2) is 0 Å². The molecule has 17 heavy (non-hydrogen) atoms. The molecule has 1 aromatic rings. The van der Waals surface area contributed by atoms with Gasteiger partial charge in [-0.2, -0.15) is 0 Å². The van der Waals surface area contributed by atoms with Crippen molar-refractivity contribution in [2.24, 2.45) is 5.84 Å². The Morgan fingerprint density at radius 3 is 2.41 bits per heavy atom. The first-order chi connectivity index (χ1) is 8.19. The van der Waals surface area contributed by atoms with Crippen LogP contribution in [0.15, 0.2) is 24.3 Å². The predicted molar refractivity (Wildman–Crippen MR) is 71.9 cm³/mol. The van der Waals surface area contributed by atoms with Gasteiger partial charge in [-0.15, -0.1) is 0 Å². The maximum atomic E-state index is 5.54. The van der Waals surface area contributed by atoms with Crippen molar-refractivity contribution in [3.05, 3.63) is 29.8 Å². The zero-order valence-corrected chi connectivity index (χ0v) is 10.9. The van der Waals surface area contributed by atoms with Crippen molar-refractivity contribution < 1.29 is 4.74 Å². The Morgan fingerprint density at radius 2 is 1.94 bits per heavy atom. The van der Waals surface area contributed by atoms with Gasteiger partial charge in [0.05, 0.1) is 12.6 Å². The van der Waals surface area contributed by atoms with Crippen LogP contribution in [0.4, 0.5) is 5.69 Å². The number of nitrogens with zero attached hydrogens (tertiary/aromatic N) is 1. The SMILES string of the molecule is CCCOCC(NN)c1ccc(N(C)C)cc1. The van der Waals surface area contributed by atoms with Crippen LogP contribution in [0.3, 0.4) is 0 Å². The Balaban J connectivity index is 2.62. The van der Waals surface area contributed by atoms with Crippen molar-refractivity contribution in [1.82, 2.24) is 5.43 Å². The molecule has 0 aliphatic rings. The van der Waals surface area contributed by atoms with Gasteiger partial charge in [0.2, 0.25) is 0 Å². The molecule has 0 heterocycles. The van der Waals surface area contributed by atoms with Crippen LogP contribution in [0.5, 0.6) is 0 Å². The zero-order valence-electron chi connectivity index (χ0n) is 10.9. The highest BCUT2D eigenvalue weighted by Crippen LogP contribution is 2.17. The van der Waals surface area contributed by atoms with Crippen LogP contribution in [0, 0.1) is 0 Å². The Morgan fingerprint density at radius 1 is 1.29 bits per heavy atom. The molecule has 1 atom stereocenters. The fourth-order valence-corrected chi connectivity index (χ4v) is 1.59. The number of hydrogen-bond acceptors (Lipinski definition) is 4. The minimum Gasteiger partial charge on any atom is -0.379 e. The maximum absolute atomic E-state index is 5.54. The van der Waals surface area contributed by atoms with Gasteiger partial charge in [0.15, 0.2) is 0 Å². The lowest BCUT2D eigenvalue weighted by molar-refractivity contribution is 0.112. The van der Waals surface area contributed by atoms with Crippen molar-refractivity contribution in [1.29, 1.82) is 0 Å². The molecule has 96 valence electrons. The molecule has 1 aromatic carbocycles. The van der Waals surface area contributed by atoms with Gasteiger partial charge >= 0.3 is 0 Å². The molecule has 1 rings (SSSR count). The highest BCUT2D eigenvalue weighted by atomic mass is 16.5. The van der Waals surface area contributed by atoms with E-state index in [1.807, 2.05) is 14.1 Å². The van der Waals surface area contributed by atoms with Gasteiger partial charge in [0.25, 0.3) is 0 Å². The summed E-state index contributed by atoms with van der Waals surface area (Å²) in [6, 6.07) is 8.38. The third-order valence-corrected chi connectivity index (χ3v) is 2.65. The lowest BCUT2D eigenvalue weighted by Crippen LogP contribution is -2.31. The number of hydrazine groups is 1. The molecule has 0 saturated heterocycles. The number of hydrogen-bond donors (Lipinski definition) is 2. The second kappa shape index (κ2) is 7.27. The molecule has 0 saturated carbocycles. The van der Waals surface area contributed by atoms with E-state index >= 15 is 0 Å². The van der Waals surface area contributed by atoms with Gasteiger partial charge in [-0.3, -0.25) is 11.3 Å². The van der Waals surface area contributed by atoms with E-state index in [4.69, 9.17) is 10.6 Å². The predicted octanol–water partition coefficient (Wildman–Crippen LogP) is 1.68. The molecule has 4 nitrogen and oxygen atoms in total. The van der Waals surface area contributed by atoms with Crippen molar-refractivity contribution in [2.75, 3.05) is 32.2 Å². The van der Waals surface area contributed by atoms with Gasteiger partial charge in [0.1, 0.15) is 0 Å². The number of benzene rings is 1. The largest absolute Gasteiger partial charge is 0.379 e. The van der Waals surface area contributed by atoms with Crippen LogP contribution in [0.1, 0.15) is 24.9 Å². The summed E-state index contributed by atoms with van der Waals surface area (Å²) in [7, 11) is 4.05. The monoisotopic (exact) mass is 237 g/mol. The summed E-state index contributed by atoms with van der Waals surface area (Å²) < 4.78 is 5.52. The first kappa shape index (κ1) is 14.0. The van der Waals surface area contributed by atoms with Crippen LogP contribution < -0.4 is 16.2 Å². The molecule has 0 aliphatic carbocycles. The molecular formula is C13H23N3O. The Bertz CT molecular complexity index is 311. The molecule has 1 unspecified atom stereocenters. The molecule has 0 bridgehead atoms. The van der Waals surface area contributed by atoms with Crippen molar-refractivity contribution in [3.8, 4) is 0 Å². The number of nitrogens with one attached hydrogen (secondary N) is 1. The van der Waals surface area contributed by atoms with E-state index in [1.54, 1.807) is 0 Å². The first-order valence-electron chi connectivity index (χ1n) is 6.00. The molecule has 4 heteroatoms. The second-order valence-electron chi connectivity index (χ2n) is 4.28. The summed E-state index contributed by atoms with van der Waals surface area (Å²) in [6.45, 7) is 3.47. The van der Waals surface area contributed by atoms with Gasteiger partial charge in [0, 0.05) is 26.4 Å². The summed E-state index contributed by atoms with van der Waals surface area (Å²) in [5.74, 6) is 5.54. The van der Waals surface area contributed by atoms with Crippen LogP contribution in [-0.4, -0.2) is 27.3 Å². The summed E-state index contributed by atoms with van der Waals surface area (Å²) in [4.78, 5) is 2.07. The van der Waals surface area contributed by atoms with E-state index in [2.05, 4.69) is 41.5 Å². The summed E-state index contributed by atoms with van der Waals surface area (Å²) in [5, 5.41) is 0. The standard InChI is InChI=1S/C13H23N3O/c1-4-9-17-10-13(15-14)11-5-7-12(8-6-11)16(2)3/h5-8,13,15H,4,9-10,14H2,1-3H3. The van der Waals surface area contributed by atoms with E-state index in [1.165, 1.54) is 5.69 Å². The lowest BCUT2D eigenvalue weighted by Gasteiger charge is -2.18. The quantitative estimate of drug-likeness (QED) is 0.430. The Labute approximate surface area is 104 Å². The number of nitrogens with two attached hydrogens (primary N) is 1. The second-order valence-corrected chi connectivity index (χ2v) is 4.28. The fraction of sp³-hybridized carbons (Fsp3) is 0.538. The van der Waals surface area contributed by atoms with Crippen LogP contribution >= 0.6 is 0 Å². The van der Waals surface area contributed by atoms with E-state index in [0.717, 1.165) is 18.6 Å². The Kier molecular flexibility index (Phi) is 5.97. The molecule has 0 spiro atoms. The number of rotatable bonds is 7. The highest BCUT2D eigenvalue weighted by molar-refractivity contribution is 5.46. The Hall–Kier alpha value is -1.10. The lowest BCUT2D eigenvalue weighted by atomic mass is 10.1. The van der Waals surface area contributed by atoms with E-state index in [0.29, 0.717) is 6.61 Å². The molecule has 0 amide bonds. The van der Waals surface area contributed by atoms with E-state index in [-0.39, 0.29) is 6.04 Å². The molecule has 3 N–H and O–H groups in total. The van der Waals surface area contributed by atoms with Crippen molar-refractivity contribution >= 4 is 5.69 Å². The first-order valence-corrected chi connectivity index (χ1v) is 6.00. The third kappa shape index (κ3) is 4.34. The topological polar surface area (TPSA) is 50.5 Å². The summed E-state index contributed by atoms with van der Waals surface area (Å²) in [6.07, 6.45) is 1.02. The molecule has 0 aliphatic heterocycles. The van der Waals surface area contributed by atoms with Crippen molar-refractivity contribution in [3.63, 3.8) is 0 Å². The summed E-state index contributed by atoms with van der Waals surface area (Å²) >= 11 is 0. The van der Waals surface area contributed by atoms with Crippen LogP contribution in [-0.2, 0) is 4.74 Å². The van der Waals surface area contributed by atoms with Gasteiger partial charge in [-0.1, -0.05) is 19.1 Å². The summed E-state index contributed by atoms with van der Waals surface area (Å²) in [5.41, 5.74) is 5.11. The third-order valence-electron chi connectivity index (χ3n) is 2.65. The maximum Gasteiger partial charge on any atom is 0.0693 e. The molecule has 0 radical (unpaired) electrons. The molecule has 0 fully saturated rings. The molecular weight excluding hydrogens is 214 g/mol. The minimum atomic E-state index is 0.0535. The normalized spacial score (nSPS) is 12.5. The highest BCUT2D eigenvalue weighted by Gasteiger charge is 2.09. The van der Waals surface area contributed by atoms with E-state index in [9.17, 15) is 0 Å². The minimum absolute atomic E-state index is 0.0535. The van der Waals surface area contributed by atoms with Gasteiger partial charge < -0.3 is 9.64 Å². The number of anilines is 1. The average molecular weight is 237 g/mol. The van der Waals surface area contributed by atoms with Crippen molar-refractivity contribution in [2.45, 2.75) is 19.4 Å². The fourth-order valence-electron chi connectivity index (χ4n) is 1.59. The van der Waals surface area contributed by atoms with E-state index < -0.39 is 0 Å². The molecule has 0 aromatic heterocycles.